The van der Waals surface area contributed by atoms with E-state index in [4.69, 9.17) is 4.42 Å². The number of nitrogens with one attached hydrogen (secondary N) is 1. The van der Waals surface area contributed by atoms with E-state index in [1.807, 2.05) is 36.4 Å². The summed E-state index contributed by atoms with van der Waals surface area (Å²) in [6, 6.07) is 37.0. The number of rotatable bonds is 1. The van der Waals surface area contributed by atoms with E-state index in [1.165, 1.54) is 21.8 Å². The fourth-order valence-corrected chi connectivity index (χ4v) is 3.53. The lowest BCUT2D eigenvalue weighted by Gasteiger charge is -1.93. The van der Waals surface area contributed by atoms with Crippen LogP contribution in [0.25, 0.3) is 44.1 Å². The number of para-hydroxylation sites is 3. The molecule has 0 atom stereocenters. The largest absolute Gasteiger partial charge is 0.456 e. The third kappa shape index (κ3) is 3.06. The molecule has 0 aliphatic carbocycles. The molecule has 0 amide bonds. The van der Waals surface area contributed by atoms with Crippen LogP contribution in [0.5, 0.6) is 0 Å². The van der Waals surface area contributed by atoms with E-state index in [2.05, 4.69) is 77.8 Å². The first-order chi connectivity index (χ1) is 13.9. The van der Waals surface area contributed by atoms with Gasteiger partial charge in [0.15, 0.2) is 0 Å². The standard InChI is InChI=1S/C14H10O.C12H9N/c1-2-6-11(7-3-1)14-10-12-8-4-5-9-13(12)15-14;1-3-7-11-9(5-1)10-6-2-4-8-12(10)13-11/h1-10H;1-8,13H. The van der Waals surface area contributed by atoms with Crippen molar-refractivity contribution in [2.24, 2.45) is 0 Å². The summed E-state index contributed by atoms with van der Waals surface area (Å²) < 4.78 is 5.75. The smallest absolute Gasteiger partial charge is 0.135 e. The Kier molecular flexibility index (Phi) is 4.15. The minimum atomic E-state index is 0.928. The van der Waals surface area contributed by atoms with Crippen LogP contribution in [-0.2, 0) is 0 Å². The molecule has 2 heteroatoms. The van der Waals surface area contributed by atoms with E-state index in [0.717, 1.165) is 22.3 Å². The predicted molar refractivity (Wildman–Crippen MR) is 117 cm³/mol. The Balaban J connectivity index is 0.000000123. The molecule has 0 radical (unpaired) electrons. The number of hydrogen-bond acceptors (Lipinski definition) is 1. The van der Waals surface area contributed by atoms with E-state index in [9.17, 15) is 0 Å². The SMILES string of the molecule is c1ccc(-c2cc3ccccc3o2)cc1.c1ccc2c(c1)[nH]c1ccccc12. The molecule has 0 bridgehead atoms. The number of furan rings is 1. The summed E-state index contributed by atoms with van der Waals surface area (Å²) in [6.07, 6.45) is 0. The zero-order valence-corrected chi connectivity index (χ0v) is 15.3. The number of benzene rings is 4. The average molecular weight is 361 g/mol. The maximum atomic E-state index is 5.75. The number of aromatic amines is 1. The Labute approximate surface area is 163 Å². The first kappa shape index (κ1) is 16.4. The van der Waals surface area contributed by atoms with Crippen LogP contribution in [-0.4, -0.2) is 4.98 Å². The van der Waals surface area contributed by atoms with Crippen molar-refractivity contribution in [2.75, 3.05) is 0 Å². The molecule has 0 saturated carbocycles. The molecule has 2 heterocycles. The van der Waals surface area contributed by atoms with Gasteiger partial charge in [-0.15, -0.1) is 0 Å². The normalized spacial score (nSPS) is 10.9. The molecule has 0 aliphatic heterocycles. The second-order valence-electron chi connectivity index (χ2n) is 6.73. The van der Waals surface area contributed by atoms with Gasteiger partial charge >= 0.3 is 0 Å². The topological polar surface area (TPSA) is 28.9 Å². The van der Waals surface area contributed by atoms with Crippen LogP contribution in [0.2, 0.25) is 0 Å². The van der Waals surface area contributed by atoms with E-state index in [-0.39, 0.29) is 0 Å². The van der Waals surface area contributed by atoms with Crippen molar-refractivity contribution in [1.29, 1.82) is 0 Å². The van der Waals surface area contributed by atoms with E-state index in [0.29, 0.717) is 0 Å². The zero-order valence-electron chi connectivity index (χ0n) is 15.3. The Morgan fingerprint density at radius 1 is 0.536 bits per heavy atom. The number of hydrogen-bond donors (Lipinski definition) is 1. The van der Waals surface area contributed by atoms with Crippen LogP contribution in [0.3, 0.4) is 0 Å². The van der Waals surface area contributed by atoms with Gasteiger partial charge in [-0.2, -0.15) is 0 Å². The second-order valence-corrected chi connectivity index (χ2v) is 6.73. The summed E-state index contributed by atoms with van der Waals surface area (Å²) in [7, 11) is 0. The van der Waals surface area contributed by atoms with Crippen molar-refractivity contribution in [1.82, 2.24) is 4.98 Å². The Bertz CT molecular complexity index is 1280. The van der Waals surface area contributed by atoms with Gasteiger partial charge in [-0.3, -0.25) is 0 Å². The molecule has 0 saturated heterocycles. The van der Waals surface area contributed by atoms with Crippen LogP contribution < -0.4 is 0 Å². The third-order valence-electron chi connectivity index (χ3n) is 4.90. The van der Waals surface area contributed by atoms with Crippen molar-refractivity contribution in [2.45, 2.75) is 0 Å². The number of aromatic nitrogens is 1. The fraction of sp³-hybridized carbons (Fsp3) is 0. The van der Waals surface area contributed by atoms with Crippen LogP contribution in [0, 0.1) is 0 Å². The van der Waals surface area contributed by atoms with Crippen LogP contribution >= 0.6 is 0 Å². The highest BCUT2D eigenvalue weighted by molar-refractivity contribution is 6.06. The fourth-order valence-electron chi connectivity index (χ4n) is 3.53. The molecule has 2 aromatic heterocycles. The molecule has 6 rings (SSSR count). The molecule has 0 fully saturated rings. The summed E-state index contributed by atoms with van der Waals surface area (Å²) in [6.45, 7) is 0. The molecule has 1 N–H and O–H groups in total. The minimum Gasteiger partial charge on any atom is -0.456 e. The van der Waals surface area contributed by atoms with Gasteiger partial charge in [0.2, 0.25) is 0 Å². The molecule has 2 nitrogen and oxygen atoms in total. The van der Waals surface area contributed by atoms with Crippen molar-refractivity contribution < 1.29 is 4.42 Å². The summed E-state index contributed by atoms with van der Waals surface area (Å²) in [5.74, 6) is 0.928. The Hall–Kier alpha value is -3.78. The van der Waals surface area contributed by atoms with Crippen LogP contribution in [0.1, 0.15) is 0 Å². The lowest BCUT2D eigenvalue weighted by Crippen LogP contribution is -1.69. The Morgan fingerprint density at radius 2 is 1.11 bits per heavy atom. The third-order valence-corrected chi connectivity index (χ3v) is 4.90. The number of fused-ring (bicyclic) bond motifs is 4. The lowest BCUT2D eigenvalue weighted by molar-refractivity contribution is 0.631. The molecule has 4 aromatic carbocycles. The van der Waals surface area contributed by atoms with Gasteiger partial charge in [0.25, 0.3) is 0 Å². The molecule has 0 spiro atoms. The average Bonchev–Trinajstić information content (AvgIpc) is 3.36. The molecule has 6 aromatic rings. The molecular formula is C26H19NO. The first-order valence-corrected chi connectivity index (χ1v) is 9.38. The molecular weight excluding hydrogens is 342 g/mol. The zero-order chi connectivity index (χ0) is 18.8. The van der Waals surface area contributed by atoms with Gasteiger partial charge in [0.05, 0.1) is 0 Å². The Morgan fingerprint density at radius 3 is 1.79 bits per heavy atom. The summed E-state index contributed by atoms with van der Waals surface area (Å²) in [5, 5.41) is 3.76. The van der Waals surface area contributed by atoms with E-state index in [1.54, 1.807) is 0 Å². The van der Waals surface area contributed by atoms with E-state index < -0.39 is 0 Å². The van der Waals surface area contributed by atoms with Crippen molar-refractivity contribution in [3.63, 3.8) is 0 Å². The molecule has 0 aliphatic rings. The number of H-pyrrole nitrogens is 1. The van der Waals surface area contributed by atoms with Crippen LogP contribution in [0.15, 0.2) is 114 Å². The summed E-state index contributed by atoms with van der Waals surface area (Å²) in [5.41, 5.74) is 4.48. The highest BCUT2D eigenvalue weighted by Crippen LogP contribution is 2.27. The van der Waals surface area contributed by atoms with Gasteiger partial charge in [-0.25, -0.2) is 0 Å². The molecule has 0 unspecified atom stereocenters. The monoisotopic (exact) mass is 361 g/mol. The summed E-state index contributed by atoms with van der Waals surface area (Å²) >= 11 is 0. The second kappa shape index (κ2) is 7.09. The first-order valence-electron chi connectivity index (χ1n) is 9.38. The van der Waals surface area contributed by atoms with Gasteiger partial charge < -0.3 is 9.40 Å². The lowest BCUT2D eigenvalue weighted by atomic mass is 10.1. The maximum Gasteiger partial charge on any atom is 0.135 e. The highest BCUT2D eigenvalue weighted by atomic mass is 16.3. The van der Waals surface area contributed by atoms with Crippen molar-refractivity contribution in [3.05, 3.63) is 109 Å². The van der Waals surface area contributed by atoms with Crippen molar-refractivity contribution in [3.8, 4) is 11.3 Å². The van der Waals surface area contributed by atoms with Gasteiger partial charge in [0, 0.05) is 32.8 Å². The quantitative estimate of drug-likeness (QED) is 0.324. The van der Waals surface area contributed by atoms with Gasteiger partial charge in [-0.05, 0) is 24.3 Å². The summed E-state index contributed by atoms with van der Waals surface area (Å²) in [4.78, 5) is 3.38. The van der Waals surface area contributed by atoms with Crippen molar-refractivity contribution >= 4 is 32.8 Å². The van der Waals surface area contributed by atoms with Crippen LogP contribution in [0.4, 0.5) is 0 Å². The molecule has 28 heavy (non-hydrogen) atoms. The van der Waals surface area contributed by atoms with Gasteiger partial charge in [-0.1, -0.05) is 84.9 Å². The maximum absolute atomic E-state index is 5.75. The highest BCUT2D eigenvalue weighted by Gasteiger charge is 2.04. The molecule has 134 valence electrons. The van der Waals surface area contributed by atoms with E-state index >= 15 is 0 Å². The van der Waals surface area contributed by atoms with Gasteiger partial charge in [0.1, 0.15) is 11.3 Å². The predicted octanol–water partition coefficient (Wildman–Crippen LogP) is 7.42. The minimum absolute atomic E-state index is 0.928.